The molecule has 0 bridgehead atoms. The number of nitrogens with two attached hydrogens (primary N) is 1. The molecule has 0 spiro atoms. The zero-order valence-corrected chi connectivity index (χ0v) is 8.48. The summed E-state index contributed by atoms with van der Waals surface area (Å²) in [5, 5.41) is 11.7. The molecular weight excluding hydrogens is 178 g/mol. The molecule has 1 saturated carbocycles. The molecule has 1 aromatic heterocycles. The van der Waals surface area contributed by atoms with Crippen molar-refractivity contribution in [2.75, 3.05) is 12.8 Å². The van der Waals surface area contributed by atoms with Gasteiger partial charge in [0.1, 0.15) is 0 Å². The van der Waals surface area contributed by atoms with Crippen LogP contribution in [0.1, 0.15) is 31.7 Å². The molecule has 78 valence electrons. The molecule has 2 rings (SSSR count). The van der Waals surface area contributed by atoms with Gasteiger partial charge in [-0.15, -0.1) is 5.10 Å². The van der Waals surface area contributed by atoms with E-state index in [1.807, 2.05) is 7.05 Å². The lowest BCUT2D eigenvalue weighted by Crippen LogP contribution is -2.38. The van der Waals surface area contributed by atoms with E-state index in [-0.39, 0.29) is 0 Å². The highest BCUT2D eigenvalue weighted by atomic mass is 15.5. The standard InChI is InChI=1S/C9H17N5/c1-11-7-4-2-3-5-8(7)14-12-6-9(10)13-14/h6-8,11H,2-5H2,1H3,(H2,10,13). The summed E-state index contributed by atoms with van der Waals surface area (Å²) in [5.74, 6) is 0.505. The Hall–Kier alpha value is -1.10. The molecule has 0 saturated heterocycles. The second kappa shape index (κ2) is 3.96. The normalized spacial score (nSPS) is 27.8. The van der Waals surface area contributed by atoms with E-state index < -0.39 is 0 Å². The molecule has 0 aromatic carbocycles. The van der Waals surface area contributed by atoms with Crippen LogP contribution < -0.4 is 11.1 Å². The minimum absolute atomic E-state index is 0.367. The van der Waals surface area contributed by atoms with Crippen molar-refractivity contribution in [3.63, 3.8) is 0 Å². The van der Waals surface area contributed by atoms with Crippen LogP contribution in [-0.4, -0.2) is 28.1 Å². The zero-order valence-electron chi connectivity index (χ0n) is 8.48. The molecule has 5 nitrogen and oxygen atoms in total. The monoisotopic (exact) mass is 195 g/mol. The fourth-order valence-corrected chi connectivity index (χ4v) is 2.17. The first-order valence-corrected chi connectivity index (χ1v) is 5.16. The van der Waals surface area contributed by atoms with Gasteiger partial charge in [0, 0.05) is 6.04 Å². The molecule has 2 atom stereocenters. The predicted octanol–water partition coefficient (Wildman–Crippen LogP) is 0.563. The van der Waals surface area contributed by atoms with Crippen LogP contribution in [0.2, 0.25) is 0 Å². The second-order valence-corrected chi connectivity index (χ2v) is 3.84. The molecule has 0 radical (unpaired) electrons. The molecule has 1 aliphatic rings. The van der Waals surface area contributed by atoms with E-state index in [4.69, 9.17) is 5.73 Å². The van der Waals surface area contributed by atoms with Crippen molar-refractivity contribution in [2.24, 2.45) is 0 Å². The smallest absolute Gasteiger partial charge is 0.165 e. The summed E-state index contributed by atoms with van der Waals surface area (Å²) in [7, 11) is 2.00. The van der Waals surface area contributed by atoms with Crippen LogP contribution in [0, 0.1) is 0 Å². The number of nitrogen functional groups attached to an aromatic ring is 1. The van der Waals surface area contributed by atoms with Crippen LogP contribution >= 0.6 is 0 Å². The summed E-state index contributed by atoms with van der Waals surface area (Å²) in [6.45, 7) is 0. The first-order chi connectivity index (χ1) is 6.81. The van der Waals surface area contributed by atoms with E-state index in [0.717, 1.165) is 6.42 Å². The quantitative estimate of drug-likeness (QED) is 0.723. The lowest BCUT2D eigenvalue weighted by Gasteiger charge is -2.30. The van der Waals surface area contributed by atoms with Gasteiger partial charge in [0.2, 0.25) is 0 Å². The van der Waals surface area contributed by atoms with Crippen LogP contribution in [-0.2, 0) is 0 Å². The number of likely N-dealkylation sites (N-methyl/N-ethyl adjacent to an activating group) is 1. The minimum Gasteiger partial charge on any atom is -0.381 e. The van der Waals surface area contributed by atoms with Gasteiger partial charge < -0.3 is 11.1 Å². The number of hydrogen-bond donors (Lipinski definition) is 2. The SMILES string of the molecule is CNC1CCCCC1n1ncc(N)n1. The number of hydrogen-bond acceptors (Lipinski definition) is 4. The predicted molar refractivity (Wildman–Crippen MR) is 54.8 cm³/mol. The van der Waals surface area contributed by atoms with Crippen molar-refractivity contribution in [1.29, 1.82) is 0 Å². The average Bonchev–Trinajstić information content (AvgIpc) is 2.65. The molecule has 1 aromatic rings. The molecule has 0 aliphatic heterocycles. The maximum atomic E-state index is 5.56. The summed E-state index contributed by atoms with van der Waals surface area (Å²) in [4.78, 5) is 1.76. The Morgan fingerprint density at radius 1 is 1.50 bits per heavy atom. The van der Waals surface area contributed by atoms with E-state index in [1.54, 1.807) is 11.0 Å². The Bertz CT molecular complexity index is 295. The van der Waals surface area contributed by atoms with Gasteiger partial charge in [0.05, 0.1) is 12.2 Å². The molecule has 5 heteroatoms. The van der Waals surface area contributed by atoms with Crippen molar-refractivity contribution >= 4 is 5.82 Å². The maximum absolute atomic E-state index is 5.56. The first kappa shape index (κ1) is 9.45. The third-order valence-electron chi connectivity index (χ3n) is 2.92. The van der Waals surface area contributed by atoms with Gasteiger partial charge in [-0.25, -0.2) is 0 Å². The van der Waals surface area contributed by atoms with Gasteiger partial charge in [0.15, 0.2) is 5.82 Å². The fourth-order valence-electron chi connectivity index (χ4n) is 2.17. The Labute approximate surface area is 83.7 Å². The summed E-state index contributed by atoms with van der Waals surface area (Å²) in [5.41, 5.74) is 5.56. The lowest BCUT2D eigenvalue weighted by atomic mass is 9.91. The third-order valence-corrected chi connectivity index (χ3v) is 2.92. The van der Waals surface area contributed by atoms with E-state index in [1.165, 1.54) is 19.3 Å². The summed E-state index contributed by atoms with van der Waals surface area (Å²) in [6, 6.07) is 0.849. The Morgan fingerprint density at radius 3 is 2.93 bits per heavy atom. The highest BCUT2D eigenvalue weighted by Gasteiger charge is 2.26. The summed E-state index contributed by atoms with van der Waals surface area (Å²) in [6.07, 6.45) is 6.49. The van der Waals surface area contributed by atoms with Crippen molar-refractivity contribution in [3.05, 3.63) is 6.20 Å². The second-order valence-electron chi connectivity index (χ2n) is 3.84. The topological polar surface area (TPSA) is 68.8 Å². The fraction of sp³-hybridized carbons (Fsp3) is 0.778. The zero-order chi connectivity index (χ0) is 9.97. The molecular formula is C9H17N5. The molecule has 1 aliphatic carbocycles. The largest absolute Gasteiger partial charge is 0.381 e. The molecule has 0 amide bonds. The van der Waals surface area contributed by atoms with Gasteiger partial charge in [-0.2, -0.15) is 9.90 Å². The maximum Gasteiger partial charge on any atom is 0.165 e. The van der Waals surface area contributed by atoms with Gasteiger partial charge in [-0.1, -0.05) is 12.8 Å². The van der Waals surface area contributed by atoms with E-state index >= 15 is 0 Å². The highest BCUT2D eigenvalue weighted by molar-refractivity contribution is 5.19. The van der Waals surface area contributed by atoms with Crippen molar-refractivity contribution in [2.45, 2.75) is 37.8 Å². The van der Waals surface area contributed by atoms with E-state index in [9.17, 15) is 0 Å². The van der Waals surface area contributed by atoms with Crippen molar-refractivity contribution in [3.8, 4) is 0 Å². The van der Waals surface area contributed by atoms with Crippen molar-refractivity contribution in [1.82, 2.24) is 20.3 Å². The lowest BCUT2D eigenvalue weighted by molar-refractivity contribution is 0.237. The van der Waals surface area contributed by atoms with Crippen LogP contribution in [0.4, 0.5) is 5.82 Å². The van der Waals surface area contributed by atoms with Crippen LogP contribution in [0.3, 0.4) is 0 Å². The molecule has 2 unspecified atom stereocenters. The van der Waals surface area contributed by atoms with Crippen LogP contribution in [0.5, 0.6) is 0 Å². The number of nitrogens with zero attached hydrogens (tertiary/aromatic N) is 3. The van der Waals surface area contributed by atoms with Gasteiger partial charge in [0.25, 0.3) is 0 Å². The van der Waals surface area contributed by atoms with Crippen molar-refractivity contribution < 1.29 is 0 Å². The Balaban J connectivity index is 2.14. The van der Waals surface area contributed by atoms with Gasteiger partial charge >= 0.3 is 0 Å². The summed E-state index contributed by atoms with van der Waals surface area (Å²) >= 11 is 0. The Kier molecular flexibility index (Phi) is 2.67. The molecule has 1 heterocycles. The number of anilines is 1. The van der Waals surface area contributed by atoms with Crippen LogP contribution in [0.25, 0.3) is 0 Å². The molecule has 1 fully saturated rings. The average molecular weight is 195 g/mol. The number of rotatable bonds is 2. The highest BCUT2D eigenvalue weighted by Crippen LogP contribution is 2.27. The number of nitrogens with one attached hydrogen (secondary N) is 1. The first-order valence-electron chi connectivity index (χ1n) is 5.16. The van der Waals surface area contributed by atoms with E-state index in [2.05, 4.69) is 15.5 Å². The molecule has 3 N–H and O–H groups in total. The number of aromatic nitrogens is 3. The Morgan fingerprint density at radius 2 is 2.29 bits per heavy atom. The minimum atomic E-state index is 0.367. The van der Waals surface area contributed by atoms with Gasteiger partial charge in [-0.05, 0) is 19.9 Å². The van der Waals surface area contributed by atoms with Crippen LogP contribution in [0.15, 0.2) is 6.20 Å². The molecule has 14 heavy (non-hydrogen) atoms. The third kappa shape index (κ3) is 1.72. The summed E-state index contributed by atoms with van der Waals surface area (Å²) < 4.78 is 0. The van der Waals surface area contributed by atoms with Gasteiger partial charge in [-0.3, -0.25) is 0 Å². The van der Waals surface area contributed by atoms with E-state index in [0.29, 0.717) is 17.9 Å².